The molecule has 2 heterocycles. The van der Waals surface area contributed by atoms with Crippen molar-refractivity contribution in [3.8, 4) is 5.75 Å². The SMILES string of the molecule is COc1ccccc1CCN1C(=O)N[C@@H](CC(=O)Nc2ccc3cc[nH]c3c2)C1=O. The number of para-hydroxylation sites is 1. The monoisotopic (exact) mass is 406 g/mol. The lowest BCUT2D eigenvalue weighted by Gasteiger charge is -2.14. The van der Waals surface area contributed by atoms with Gasteiger partial charge in [-0.25, -0.2) is 4.79 Å². The number of urea groups is 1. The van der Waals surface area contributed by atoms with E-state index in [2.05, 4.69) is 15.6 Å². The first-order valence-electron chi connectivity index (χ1n) is 9.66. The van der Waals surface area contributed by atoms with Gasteiger partial charge in [0.1, 0.15) is 11.8 Å². The molecule has 0 bridgehead atoms. The maximum atomic E-state index is 12.6. The van der Waals surface area contributed by atoms with Gasteiger partial charge in [-0.3, -0.25) is 14.5 Å². The van der Waals surface area contributed by atoms with E-state index in [0.29, 0.717) is 17.9 Å². The predicted molar refractivity (Wildman–Crippen MR) is 112 cm³/mol. The Morgan fingerprint density at radius 3 is 2.83 bits per heavy atom. The number of carbonyl (C=O) groups excluding carboxylic acids is 3. The van der Waals surface area contributed by atoms with E-state index in [1.165, 1.54) is 0 Å². The zero-order valence-electron chi connectivity index (χ0n) is 16.5. The highest BCUT2D eigenvalue weighted by atomic mass is 16.5. The molecule has 8 heteroatoms. The van der Waals surface area contributed by atoms with Gasteiger partial charge in [0.05, 0.1) is 13.5 Å². The number of rotatable bonds is 7. The van der Waals surface area contributed by atoms with Crippen LogP contribution in [0.1, 0.15) is 12.0 Å². The zero-order chi connectivity index (χ0) is 21.1. The quantitative estimate of drug-likeness (QED) is 0.525. The van der Waals surface area contributed by atoms with E-state index in [9.17, 15) is 14.4 Å². The Labute approximate surface area is 173 Å². The van der Waals surface area contributed by atoms with Gasteiger partial charge in [0.15, 0.2) is 0 Å². The van der Waals surface area contributed by atoms with Crippen molar-refractivity contribution in [2.75, 3.05) is 19.0 Å². The summed E-state index contributed by atoms with van der Waals surface area (Å²) in [7, 11) is 1.58. The Balaban J connectivity index is 1.35. The third-order valence-electron chi connectivity index (χ3n) is 5.13. The third kappa shape index (κ3) is 3.98. The Hall–Kier alpha value is -3.81. The fourth-order valence-electron chi connectivity index (χ4n) is 3.59. The first kappa shape index (κ1) is 19.5. The average Bonchev–Trinajstić information content (AvgIpc) is 3.30. The molecule has 2 aromatic carbocycles. The van der Waals surface area contributed by atoms with Crippen LogP contribution in [0.2, 0.25) is 0 Å². The Kier molecular flexibility index (Phi) is 5.38. The van der Waals surface area contributed by atoms with Gasteiger partial charge in [-0.15, -0.1) is 0 Å². The number of methoxy groups -OCH3 is 1. The summed E-state index contributed by atoms with van der Waals surface area (Å²) in [6.07, 6.45) is 2.17. The number of hydrogen-bond acceptors (Lipinski definition) is 4. The highest BCUT2D eigenvalue weighted by Gasteiger charge is 2.38. The van der Waals surface area contributed by atoms with Gasteiger partial charge in [0.25, 0.3) is 5.91 Å². The van der Waals surface area contributed by atoms with Crippen molar-refractivity contribution in [2.45, 2.75) is 18.9 Å². The molecule has 1 atom stereocenters. The van der Waals surface area contributed by atoms with Crippen LogP contribution in [-0.4, -0.2) is 47.4 Å². The Bertz CT molecular complexity index is 1110. The molecule has 0 radical (unpaired) electrons. The summed E-state index contributed by atoms with van der Waals surface area (Å²) < 4.78 is 5.31. The van der Waals surface area contributed by atoms with Gasteiger partial charge in [-0.1, -0.05) is 24.3 Å². The summed E-state index contributed by atoms with van der Waals surface area (Å²) >= 11 is 0. The van der Waals surface area contributed by atoms with Crippen LogP contribution in [0, 0.1) is 0 Å². The lowest BCUT2D eigenvalue weighted by molar-refractivity contribution is -0.129. The van der Waals surface area contributed by atoms with Gasteiger partial charge < -0.3 is 20.4 Å². The molecule has 0 saturated carbocycles. The number of anilines is 1. The number of nitrogens with one attached hydrogen (secondary N) is 3. The summed E-state index contributed by atoms with van der Waals surface area (Å²) in [6, 6.07) is 13.5. The van der Waals surface area contributed by atoms with Crippen molar-refractivity contribution >= 4 is 34.4 Å². The van der Waals surface area contributed by atoms with Gasteiger partial charge in [0.2, 0.25) is 5.91 Å². The second-order valence-corrected chi connectivity index (χ2v) is 7.09. The number of imide groups is 1. The summed E-state index contributed by atoms with van der Waals surface area (Å²) in [4.78, 5) is 41.5. The van der Waals surface area contributed by atoms with Gasteiger partial charge in [0, 0.05) is 23.9 Å². The molecule has 0 aliphatic carbocycles. The van der Waals surface area contributed by atoms with Crippen LogP contribution in [0.4, 0.5) is 10.5 Å². The minimum atomic E-state index is -0.871. The number of benzene rings is 2. The lowest BCUT2D eigenvalue weighted by Crippen LogP contribution is -2.35. The lowest BCUT2D eigenvalue weighted by atomic mass is 10.1. The highest BCUT2D eigenvalue weighted by molar-refractivity contribution is 6.07. The minimum absolute atomic E-state index is 0.126. The van der Waals surface area contributed by atoms with Crippen molar-refractivity contribution in [2.24, 2.45) is 0 Å². The number of fused-ring (bicyclic) bond motifs is 1. The van der Waals surface area contributed by atoms with Gasteiger partial charge >= 0.3 is 6.03 Å². The van der Waals surface area contributed by atoms with Crippen LogP contribution < -0.4 is 15.4 Å². The molecule has 1 aliphatic heterocycles. The van der Waals surface area contributed by atoms with Gasteiger partial charge in [-0.05, 0) is 41.6 Å². The number of amides is 4. The average molecular weight is 406 g/mol. The first-order valence-corrected chi connectivity index (χ1v) is 9.66. The molecule has 4 rings (SSSR count). The largest absolute Gasteiger partial charge is 0.496 e. The summed E-state index contributed by atoms with van der Waals surface area (Å²) in [6.45, 7) is 0.215. The van der Waals surface area contributed by atoms with E-state index in [0.717, 1.165) is 21.4 Å². The zero-order valence-corrected chi connectivity index (χ0v) is 16.5. The van der Waals surface area contributed by atoms with Crippen molar-refractivity contribution < 1.29 is 19.1 Å². The molecule has 30 heavy (non-hydrogen) atoms. The number of carbonyl (C=O) groups is 3. The van der Waals surface area contributed by atoms with Crippen molar-refractivity contribution in [1.82, 2.24) is 15.2 Å². The summed E-state index contributed by atoms with van der Waals surface area (Å²) in [5.41, 5.74) is 2.43. The molecule has 1 aromatic heterocycles. The molecule has 154 valence electrons. The van der Waals surface area contributed by atoms with E-state index in [-0.39, 0.29) is 18.9 Å². The third-order valence-corrected chi connectivity index (χ3v) is 5.13. The van der Waals surface area contributed by atoms with E-state index in [1.54, 1.807) is 13.2 Å². The first-order chi connectivity index (χ1) is 14.5. The molecule has 1 fully saturated rings. The Morgan fingerprint density at radius 2 is 2.00 bits per heavy atom. The second kappa shape index (κ2) is 8.28. The van der Waals surface area contributed by atoms with Crippen molar-refractivity contribution in [3.63, 3.8) is 0 Å². The molecule has 1 saturated heterocycles. The maximum Gasteiger partial charge on any atom is 0.324 e. The fraction of sp³-hybridized carbons (Fsp3) is 0.227. The molecule has 3 N–H and O–H groups in total. The van der Waals surface area contributed by atoms with Crippen molar-refractivity contribution in [3.05, 3.63) is 60.3 Å². The van der Waals surface area contributed by atoms with E-state index < -0.39 is 18.0 Å². The number of hydrogen-bond donors (Lipinski definition) is 3. The van der Waals surface area contributed by atoms with Crippen LogP contribution in [0.25, 0.3) is 10.9 Å². The normalized spacial score (nSPS) is 16.0. The number of aromatic nitrogens is 1. The number of ether oxygens (including phenoxy) is 1. The van der Waals surface area contributed by atoms with Crippen molar-refractivity contribution in [1.29, 1.82) is 0 Å². The van der Waals surface area contributed by atoms with E-state index in [4.69, 9.17) is 4.74 Å². The van der Waals surface area contributed by atoms with Crippen LogP contribution in [0.3, 0.4) is 0 Å². The molecular formula is C22H22N4O4. The molecular weight excluding hydrogens is 384 g/mol. The predicted octanol–water partition coefficient (Wildman–Crippen LogP) is 2.67. The molecule has 1 aliphatic rings. The standard InChI is InChI=1S/C22H22N4O4/c1-30-19-5-3-2-4-15(19)9-11-26-21(28)18(25-22(26)29)13-20(27)24-16-7-6-14-8-10-23-17(14)12-16/h2-8,10,12,18,23H,9,11,13H2,1H3,(H,24,27)(H,25,29)/t18-/m0/s1. The fourth-order valence-corrected chi connectivity index (χ4v) is 3.59. The topological polar surface area (TPSA) is 104 Å². The maximum absolute atomic E-state index is 12.6. The molecule has 0 spiro atoms. The van der Waals surface area contributed by atoms with Crippen LogP contribution in [0.5, 0.6) is 5.75 Å². The molecule has 8 nitrogen and oxygen atoms in total. The summed E-state index contributed by atoms with van der Waals surface area (Å²) in [5, 5.41) is 6.42. The molecule has 3 aromatic rings. The van der Waals surface area contributed by atoms with E-state index >= 15 is 0 Å². The number of nitrogens with zero attached hydrogens (tertiary/aromatic N) is 1. The van der Waals surface area contributed by atoms with E-state index in [1.807, 2.05) is 48.7 Å². The number of H-pyrrole nitrogens is 1. The second-order valence-electron chi connectivity index (χ2n) is 7.09. The van der Waals surface area contributed by atoms with Crippen LogP contribution >= 0.6 is 0 Å². The highest BCUT2D eigenvalue weighted by Crippen LogP contribution is 2.20. The minimum Gasteiger partial charge on any atom is -0.496 e. The smallest absolute Gasteiger partial charge is 0.324 e. The molecule has 0 unspecified atom stereocenters. The number of aromatic amines is 1. The summed E-state index contributed by atoms with van der Waals surface area (Å²) in [5.74, 6) is -0.0319. The van der Waals surface area contributed by atoms with Gasteiger partial charge in [-0.2, -0.15) is 0 Å². The molecule has 4 amide bonds. The van der Waals surface area contributed by atoms with Crippen LogP contribution in [-0.2, 0) is 16.0 Å². The Morgan fingerprint density at radius 1 is 1.17 bits per heavy atom. The van der Waals surface area contributed by atoms with Crippen LogP contribution in [0.15, 0.2) is 54.7 Å².